The van der Waals surface area contributed by atoms with Gasteiger partial charge in [0.05, 0.1) is 6.04 Å². The molecule has 2 atom stereocenters. The second-order valence-electron chi connectivity index (χ2n) is 8.98. The highest BCUT2D eigenvalue weighted by molar-refractivity contribution is 5.79. The number of alkyl halides is 1. The Balaban J connectivity index is 1.85. The molecule has 0 aromatic heterocycles. The van der Waals surface area contributed by atoms with Gasteiger partial charge in [0, 0.05) is 30.3 Å². The molecular formula is C26H26F3NO. The van der Waals surface area contributed by atoms with Crippen LogP contribution in [0.5, 0.6) is 5.75 Å². The molecule has 0 radical (unpaired) electrons. The maximum absolute atomic E-state index is 15.3. The number of fused-ring (bicyclic) bond motifs is 2. The average Bonchev–Trinajstić information content (AvgIpc) is 3.05. The number of benzene rings is 2. The number of hydrogen-bond donors (Lipinski definition) is 0. The van der Waals surface area contributed by atoms with Crippen molar-refractivity contribution in [3.63, 3.8) is 0 Å². The number of ether oxygens (including phenoxy) is 1. The van der Waals surface area contributed by atoms with E-state index in [1.54, 1.807) is 0 Å². The van der Waals surface area contributed by atoms with Crippen LogP contribution in [0.2, 0.25) is 0 Å². The molecule has 5 heteroatoms. The minimum absolute atomic E-state index is 0.0434. The van der Waals surface area contributed by atoms with Crippen molar-refractivity contribution in [2.24, 2.45) is 0 Å². The molecule has 4 rings (SSSR count). The molecule has 2 aliphatic rings. The molecule has 0 fully saturated rings. The summed E-state index contributed by atoms with van der Waals surface area (Å²) in [5, 5.41) is 0. The van der Waals surface area contributed by atoms with Crippen LogP contribution in [0.1, 0.15) is 49.9 Å². The van der Waals surface area contributed by atoms with Gasteiger partial charge in [-0.15, -0.1) is 6.42 Å². The number of terminal acetylenes is 1. The average molecular weight is 425 g/mol. The molecule has 1 heterocycles. The van der Waals surface area contributed by atoms with Gasteiger partial charge in [0.25, 0.3) is 0 Å². The van der Waals surface area contributed by atoms with Crippen LogP contribution in [-0.2, 0) is 6.42 Å². The van der Waals surface area contributed by atoms with E-state index in [2.05, 4.69) is 12.0 Å². The Morgan fingerprint density at radius 1 is 1.19 bits per heavy atom. The van der Waals surface area contributed by atoms with E-state index in [1.807, 2.05) is 30.0 Å². The maximum Gasteiger partial charge on any atom is 0.148 e. The molecule has 31 heavy (non-hydrogen) atoms. The highest BCUT2D eigenvalue weighted by Gasteiger charge is 2.42. The monoisotopic (exact) mass is 425 g/mol. The van der Waals surface area contributed by atoms with E-state index in [0.717, 1.165) is 34.4 Å². The molecule has 0 spiro atoms. The predicted octanol–water partition coefficient (Wildman–Crippen LogP) is 5.87. The summed E-state index contributed by atoms with van der Waals surface area (Å²) in [5.41, 5.74) is 2.75. The molecule has 1 aliphatic heterocycles. The van der Waals surface area contributed by atoms with Crippen LogP contribution in [0.15, 0.2) is 42.0 Å². The molecule has 0 saturated heterocycles. The zero-order valence-corrected chi connectivity index (χ0v) is 18.0. The van der Waals surface area contributed by atoms with Gasteiger partial charge in [-0.05, 0) is 55.9 Å². The number of nitrogens with zero attached hydrogens (tertiary/aromatic N) is 1. The van der Waals surface area contributed by atoms with Crippen LogP contribution in [0, 0.1) is 24.0 Å². The number of rotatable bonds is 5. The Bertz CT molecular complexity index is 1050. The maximum atomic E-state index is 15.3. The minimum Gasteiger partial charge on any atom is -0.481 e. The second kappa shape index (κ2) is 8.09. The summed E-state index contributed by atoms with van der Waals surface area (Å²) in [6.45, 7) is 4.97. The fraction of sp³-hybridized carbons (Fsp3) is 0.385. The first kappa shape index (κ1) is 21.5. The lowest BCUT2D eigenvalue weighted by atomic mass is 9.84. The van der Waals surface area contributed by atoms with Gasteiger partial charge in [-0.1, -0.05) is 30.2 Å². The molecule has 1 aliphatic carbocycles. The number of halogens is 3. The van der Waals surface area contributed by atoms with Crippen LogP contribution in [0.3, 0.4) is 0 Å². The van der Waals surface area contributed by atoms with E-state index < -0.39 is 23.3 Å². The summed E-state index contributed by atoms with van der Waals surface area (Å²) in [4.78, 5) is 1.90. The summed E-state index contributed by atoms with van der Waals surface area (Å²) in [6, 6.07) is 9.60. The van der Waals surface area contributed by atoms with Crippen molar-refractivity contribution in [2.45, 2.75) is 51.4 Å². The lowest BCUT2D eigenvalue weighted by Gasteiger charge is -2.44. The van der Waals surface area contributed by atoms with E-state index in [1.165, 1.54) is 13.8 Å². The molecule has 2 aromatic rings. The van der Waals surface area contributed by atoms with Crippen molar-refractivity contribution >= 4 is 5.57 Å². The van der Waals surface area contributed by atoms with E-state index in [0.29, 0.717) is 12.8 Å². The Kier molecular flexibility index (Phi) is 5.61. The Morgan fingerprint density at radius 3 is 2.52 bits per heavy atom. The van der Waals surface area contributed by atoms with Gasteiger partial charge in [0.15, 0.2) is 0 Å². The van der Waals surface area contributed by atoms with Gasteiger partial charge in [-0.25, -0.2) is 13.2 Å². The summed E-state index contributed by atoms with van der Waals surface area (Å²) < 4.78 is 50.6. The molecule has 162 valence electrons. The third-order valence-corrected chi connectivity index (χ3v) is 6.05. The van der Waals surface area contributed by atoms with Gasteiger partial charge in [-0.2, -0.15) is 0 Å². The van der Waals surface area contributed by atoms with Crippen molar-refractivity contribution in [1.29, 1.82) is 0 Å². The Morgan fingerprint density at radius 2 is 1.87 bits per heavy atom. The Hall–Kier alpha value is -2.71. The first-order valence-electron chi connectivity index (χ1n) is 10.5. The van der Waals surface area contributed by atoms with Crippen LogP contribution < -0.4 is 4.74 Å². The zero-order chi connectivity index (χ0) is 22.3. The van der Waals surface area contributed by atoms with Crippen molar-refractivity contribution in [2.75, 3.05) is 13.2 Å². The first-order chi connectivity index (χ1) is 14.7. The summed E-state index contributed by atoms with van der Waals surface area (Å²) in [7, 11) is 0. The molecular weight excluding hydrogens is 399 g/mol. The van der Waals surface area contributed by atoms with E-state index >= 15 is 8.78 Å². The van der Waals surface area contributed by atoms with Gasteiger partial charge in [-0.3, -0.25) is 4.90 Å². The van der Waals surface area contributed by atoms with Crippen LogP contribution in [-0.4, -0.2) is 29.8 Å². The fourth-order valence-electron chi connectivity index (χ4n) is 4.88. The first-order valence-corrected chi connectivity index (χ1v) is 10.5. The van der Waals surface area contributed by atoms with Gasteiger partial charge < -0.3 is 4.74 Å². The topological polar surface area (TPSA) is 12.5 Å². The molecule has 0 amide bonds. The van der Waals surface area contributed by atoms with Gasteiger partial charge in [0.2, 0.25) is 0 Å². The highest BCUT2D eigenvalue weighted by atomic mass is 19.1. The van der Waals surface area contributed by atoms with E-state index in [4.69, 9.17) is 11.2 Å². The van der Waals surface area contributed by atoms with Gasteiger partial charge >= 0.3 is 0 Å². The third-order valence-electron chi connectivity index (χ3n) is 6.05. The molecule has 0 unspecified atom stereocenters. The Labute approximate surface area is 181 Å². The normalized spacial score (nSPS) is 20.9. The summed E-state index contributed by atoms with van der Waals surface area (Å²) in [6.07, 6.45) is 6.49. The van der Waals surface area contributed by atoms with Crippen molar-refractivity contribution < 1.29 is 17.9 Å². The molecule has 0 bridgehead atoms. The fourth-order valence-corrected chi connectivity index (χ4v) is 4.88. The molecule has 2 aromatic carbocycles. The van der Waals surface area contributed by atoms with Gasteiger partial charge in [0.1, 0.15) is 29.7 Å². The lowest BCUT2D eigenvalue weighted by molar-refractivity contribution is 0.0676. The molecule has 0 saturated carbocycles. The largest absolute Gasteiger partial charge is 0.481 e. The van der Waals surface area contributed by atoms with Crippen molar-refractivity contribution in [3.05, 3.63) is 70.3 Å². The number of hydrogen-bond acceptors (Lipinski definition) is 2. The standard InChI is InChI=1S/C26H26F3NO/c1-5-10-31-18-13-22(27)24(23(28)14-18)25-21-12-17-8-6-7-9-19(17)20(21)11-16(2)30(25)15-26(3,4)29/h1,6-9,13-14,16,25H,10-12,15H2,2-4H3/t16-,25+/m1/s1. The second-order valence-corrected chi connectivity index (χ2v) is 8.98. The van der Waals surface area contributed by atoms with Crippen LogP contribution >= 0.6 is 0 Å². The molecule has 2 nitrogen and oxygen atoms in total. The zero-order valence-electron chi connectivity index (χ0n) is 18.0. The third kappa shape index (κ3) is 4.09. The SMILES string of the molecule is C#CCOc1cc(F)c([C@@H]2C3=C(C[C@@H](C)N2CC(C)(C)F)c2ccccc2C3)c(F)c1. The molecule has 0 N–H and O–H groups in total. The van der Waals surface area contributed by atoms with Crippen molar-refractivity contribution in [1.82, 2.24) is 4.90 Å². The minimum atomic E-state index is -1.52. The van der Waals surface area contributed by atoms with Crippen LogP contribution in [0.25, 0.3) is 5.57 Å². The summed E-state index contributed by atoms with van der Waals surface area (Å²) >= 11 is 0. The summed E-state index contributed by atoms with van der Waals surface area (Å²) in [5.74, 6) is 0.906. The van der Waals surface area contributed by atoms with E-state index in [-0.39, 0.29) is 30.5 Å². The lowest BCUT2D eigenvalue weighted by Crippen LogP contribution is -2.47. The van der Waals surface area contributed by atoms with Crippen LogP contribution in [0.4, 0.5) is 13.2 Å². The predicted molar refractivity (Wildman–Crippen MR) is 116 cm³/mol. The quantitative estimate of drug-likeness (QED) is 0.556. The highest BCUT2D eigenvalue weighted by Crippen LogP contribution is 2.50. The smallest absolute Gasteiger partial charge is 0.148 e. The van der Waals surface area contributed by atoms with Crippen molar-refractivity contribution in [3.8, 4) is 18.1 Å². The van der Waals surface area contributed by atoms with E-state index in [9.17, 15) is 4.39 Å².